The Labute approximate surface area is 368 Å². The number of hydrogen-bond donors (Lipinski definition) is 1. The predicted molar refractivity (Wildman–Crippen MR) is 252 cm³/mol. The van der Waals surface area contributed by atoms with Crippen LogP contribution in [0.5, 0.6) is 0 Å². The summed E-state index contributed by atoms with van der Waals surface area (Å²) >= 11 is 0. The van der Waals surface area contributed by atoms with E-state index in [9.17, 15) is 19.5 Å². The van der Waals surface area contributed by atoms with Crippen molar-refractivity contribution in [1.82, 2.24) is 0 Å². The summed E-state index contributed by atoms with van der Waals surface area (Å²) in [4.78, 5) is 37.0. The van der Waals surface area contributed by atoms with E-state index in [0.29, 0.717) is 19.3 Å². The topological polar surface area (TPSA) is 99.1 Å². The maximum absolute atomic E-state index is 12.7. The van der Waals surface area contributed by atoms with Gasteiger partial charge in [0, 0.05) is 19.3 Å². The van der Waals surface area contributed by atoms with Gasteiger partial charge in [-0.3, -0.25) is 9.59 Å². The Morgan fingerprint density at radius 2 is 0.967 bits per heavy atom. The third-order valence-electron chi connectivity index (χ3n) is 10.7. The van der Waals surface area contributed by atoms with E-state index >= 15 is 0 Å². The van der Waals surface area contributed by atoms with Gasteiger partial charge >= 0.3 is 17.9 Å². The van der Waals surface area contributed by atoms with Crippen LogP contribution < -0.4 is 0 Å². The summed E-state index contributed by atoms with van der Waals surface area (Å²) in [6, 6.07) is -0.628. The summed E-state index contributed by atoms with van der Waals surface area (Å²) in [5, 5.41) is 9.63. The van der Waals surface area contributed by atoms with Crippen molar-refractivity contribution in [2.75, 3.05) is 41.0 Å². The molecule has 2 unspecified atom stereocenters. The maximum Gasteiger partial charge on any atom is 0.362 e. The van der Waals surface area contributed by atoms with Crippen LogP contribution in [0.3, 0.4) is 0 Å². The highest BCUT2D eigenvalue weighted by atomic mass is 16.6. The SMILES string of the molecule is CC/C=C\C/C=C\C/C=C\C/C=C\CCC(=O)OC(COCCC(C(=O)O)[N+](C)(C)C)COC(=O)CCCCCCCCCCCCC/C=C\CCCCCCCCCC. The molecule has 0 fully saturated rings. The predicted octanol–water partition coefficient (Wildman–Crippen LogP) is 13.8. The number of esters is 2. The molecule has 2 atom stereocenters. The molecule has 8 heteroatoms. The first-order chi connectivity index (χ1) is 29.1. The lowest BCUT2D eigenvalue weighted by atomic mass is 10.0. The second kappa shape index (κ2) is 42.7. The summed E-state index contributed by atoms with van der Waals surface area (Å²) < 4.78 is 17.2. The van der Waals surface area contributed by atoms with E-state index in [0.717, 1.165) is 44.9 Å². The largest absolute Gasteiger partial charge is 0.477 e. The molecule has 0 aliphatic rings. The Hall–Kier alpha value is -2.97. The van der Waals surface area contributed by atoms with Crippen molar-refractivity contribution >= 4 is 17.9 Å². The Balaban J connectivity index is 4.25. The number of carbonyl (C=O) groups excluding carboxylic acids is 2. The average Bonchev–Trinajstić information content (AvgIpc) is 3.21. The molecule has 0 aromatic rings. The smallest absolute Gasteiger partial charge is 0.362 e. The first-order valence-corrected chi connectivity index (χ1v) is 24.3. The van der Waals surface area contributed by atoms with Gasteiger partial charge in [0.05, 0.1) is 34.4 Å². The lowest BCUT2D eigenvalue weighted by Crippen LogP contribution is -2.50. The Morgan fingerprint density at radius 1 is 0.517 bits per heavy atom. The molecule has 0 aliphatic heterocycles. The van der Waals surface area contributed by atoms with E-state index < -0.39 is 18.1 Å². The second-order valence-electron chi connectivity index (χ2n) is 17.3. The van der Waals surface area contributed by atoms with E-state index in [1.165, 1.54) is 116 Å². The van der Waals surface area contributed by atoms with Crippen LogP contribution in [0.25, 0.3) is 0 Å². The van der Waals surface area contributed by atoms with E-state index in [1.54, 1.807) is 0 Å². The fourth-order valence-electron chi connectivity index (χ4n) is 6.92. The van der Waals surface area contributed by atoms with Gasteiger partial charge in [0.2, 0.25) is 0 Å². The van der Waals surface area contributed by atoms with Crippen LogP contribution in [0.15, 0.2) is 60.8 Å². The van der Waals surface area contributed by atoms with Crippen LogP contribution in [0.4, 0.5) is 0 Å². The summed E-state index contributed by atoms with van der Waals surface area (Å²) in [6.45, 7) is 4.55. The third-order valence-corrected chi connectivity index (χ3v) is 10.7. The standard InChI is InChI=1S/C52H91NO7/c1-6-8-10-12-14-16-18-20-21-22-23-24-25-26-27-28-29-31-32-34-36-38-40-42-50(54)59-47-48(46-58-45-44-49(52(56)57)53(3,4)5)60-51(55)43-41-39-37-35-33-30-19-17-15-13-11-9-7-2/h9,11,15,17,22-23,30,33,37,39,48-49H,6-8,10,12-14,16,18-21,24-29,31-32,34-36,38,40-47H2,1-5H3/p+1/b11-9-,17-15-,23-22-,33-30-,39-37-. The van der Waals surface area contributed by atoms with Crippen molar-refractivity contribution in [2.45, 2.75) is 212 Å². The van der Waals surface area contributed by atoms with Gasteiger partial charge in [-0.15, -0.1) is 0 Å². The van der Waals surface area contributed by atoms with Gasteiger partial charge in [-0.25, -0.2) is 4.79 Å². The monoisotopic (exact) mass is 843 g/mol. The van der Waals surface area contributed by atoms with Crippen LogP contribution in [0.2, 0.25) is 0 Å². The summed E-state index contributed by atoms with van der Waals surface area (Å²) in [5.41, 5.74) is 0. The Bertz CT molecular complexity index is 1170. The van der Waals surface area contributed by atoms with Crippen LogP contribution in [-0.4, -0.2) is 80.6 Å². The highest BCUT2D eigenvalue weighted by Crippen LogP contribution is 2.15. The van der Waals surface area contributed by atoms with Crippen LogP contribution in [-0.2, 0) is 28.6 Å². The van der Waals surface area contributed by atoms with Crippen molar-refractivity contribution in [1.29, 1.82) is 0 Å². The number of likely N-dealkylation sites (N-methyl/N-ethyl adjacent to an activating group) is 1. The molecule has 0 aromatic carbocycles. The molecule has 0 saturated carbocycles. The summed E-state index contributed by atoms with van der Waals surface area (Å²) in [6.07, 6.45) is 53.0. The number of hydrogen-bond acceptors (Lipinski definition) is 6. The molecule has 0 rings (SSSR count). The van der Waals surface area contributed by atoms with E-state index in [-0.39, 0.29) is 42.7 Å². The third kappa shape index (κ3) is 40.4. The van der Waals surface area contributed by atoms with Crippen molar-refractivity contribution in [2.24, 2.45) is 0 Å². The zero-order chi connectivity index (χ0) is 44.2. The minimum Gasteiger partial charge on any atom is -0.477 e. The normalized spacial score (nSPS) is 13.4. The highest BCUT2D eigenvalue weighted by Gasteiger charge is 2.31. The molecule has 0 amide bonds. The number of aliphatic carboxylic acids is 1. The second-order valence-corrected chi connectivity index (χ2v) is 17.3. The van der Waals surface area contributed by atoms with Gasteiger partial charge in [0.1, 0.15) is 6.61 Å². The summed E-state index contributed by atoms with van der Waals surface area (Å²) in [5.74, 6) is -1.57. The minimum atomic E-state index is -0.886. The van der Waals surface area contributed by atoms with Crippen molar-refractivity contribution < 1.29 is 38.2 Å². The molecule has 8 nitrogen and oxygen atoms in total. The first-order valence-electron chi connectivity index (χ1n) is 24.3. The maximum atomic E-state index is 12.7. The number of carboxylic acid groups (broad SMARTS) is 1. The van der Waals surface area contributed by atoms with Gasteiger partial charge in [-0.1, -0.05) is 177 Å². The van der Waals surface area contributed by atoms with Gasteiger partial charge in [0.25, 0.3) is 0 Å². The van der Waals surface area contributed by atoms with Gasteiger partial charge < -0.3 is 23.8 Å². The number of carbonyl (C=O) groups is 3. The first kappa shape index (κ1) is 57.0. The fraction of sp³-hybridized carbons (Fsp3) is 0.750. The zero-order valence-corrected chi connectivity index (χ0v) is 39.4. The zero-order valence-electron chi connectivity index (χ0n) is 39.4. The molecule has 0 bridgehead atoms. The molecule has 346 valence electrons. The minimum absolute atomic E-state index is 0.0310. The van der Waals surface area contributed by atoms with Crippen LogP contribution in [0, 0.1) is 0 Å². The lowest BCUT2D eigenvalue weighted by Gasteiger charge is -2.31. The average molecular weight is 843 g/mol. The van der Waals surface area contributed by atoms with Gasteiger partial charge in [-0.2, -0.15) is 0 Å². The molecule has 1 N–H and O–H groups in total. The molecule has 0 aromatic heterocycles. The summed E-state index contributed by atoms with van der Waals surface area (Å²) in [7, 11) is 5.50. The Morgan fingerprint density at radius 3 is 1.45 bits per heavy atom. The number of nitrogens with zero attached hydrogens (tertiary/aromatic N) is 1. The molecule has 0 spiro atoms. The molecule has 60 heavy (non-hydrogen) atoms. The van der Waals surface area contributed by atoms with Gasteiger partial charge in [-0.05, 0) is 64.2 Å². The van der Waals surface area contributed by atoms with Gasteiger partial charge in [0.15, 0.2) is 12.1 Å². The molecule has 0 saturated heterocycles. The number of carboxylic acids is 1. The van der Waals surface area contributed by atoms with Crippen molar-refractivity contribution in [3.8, 4) is 0 Å². The quantitative estimate of drug-likeness (QED) is 0.0282. The van der Waals surface area contributed by atoms with E-state index in [2.05, 4.69) is 62.5 Å². The number of ether oxygens (including phenoxy) is 3. The van der Waals surface area contributed by atoms with Crippen molar-refractivity contribution in [3.05, 3.63) is 60.8 Å². The number of rotatable bonds is 43. The highest BCUT2D eigenvalue weighted by molar-refractivity contribution is 5.72. The molecular formula is C52H92NO7+. The van der Waals surface area contributed by atoms with Crippen molar-refractivity contribution in [3.63, 3.8) is 0 Å². The number of quaternary nitrogens is 1. The fourth-order valence-corrected chi connectivity index (χ4v) is 6.92. The molecule has 0 radical (unpaired) electrons. The number of allylic oxidation sites excluding steroid dienone is 10. The molecule has 0 aliphatic carbocycles. The number of unbranched alkanes of at least 4 members (excludes halogenated alkanes) is 19. The molecular weight excluding hydrogens is 751 g/mol. The van der Waals surface area contributed by atoms with Crippen LogP contribution in [0.1, 0.15) is 200 Å². The van der Waals surface area contributed by atoms with E-state index in [1.807, 2.05) is 33.3 Å². The van der Waals surface area contributed by atoms with Crippen LogP contribution >= 0.6 is 0 Å². The van der Waals surface area contributed by atoms with E-state index in [4.69, 9.17) is 14.2 Å². The lowest BCUT2D eigenvalue weighted by molar-refractivity contribution is -0.887. The molecule has 0 heterocycles. The Kier molecular flexibility index (Phi) is 40.6.